The van der Waals surface area contributed by atoms with E-state index in [1.165, 1.54) is 22.7 Å². The third kappa shape index (κ3) is 3.01. The molecule has 0 radical (unpaired) electrons. The van der Waals surface area contributed by atoms with Crippen molar-refractivity contribution in [2.24, 2.45) is 0 Å². The van der Waals surface area contributed by atoms with Crippen LogP contribution in [0.2, 0.25) is 0 Å². The molecule has 156 valence electrons. The number of aromatic nitrogens is 1. The molecule has 0 fully saturated rings. The van der Waals surface area contributed by atoms with Crippen LogP contribution in [0.1, 0.15) is 10.4 Å². The molecule has 0 spiro atoms. The monoisotopic (exact) mass is 434 g/mol. The molecule has 0 saturated heterocycles. The summed E-state index contributed by atoms with van der Waals surface area (Å²) >= 11 is 0. The number of rotatable bonds is 3. The fourth-order valence-electron chi connectivity index (χ4n) is 3.64. The molecule has 0 atom stereocenters. The molecule has 1 N–H and O–H groups in total. The van der Waals surface area contributed by atoms with Crippen LogP contribution >= 0.6 is 0 Å². The Bertz CT molecular complexity index is 1430. The summed E-state index contributed by atoms with van der Waals surface area (Å²) in [6, 6.07) is 19.7. The van der Waals surface area contributed by atoms with Crippen LogP contribution < -0.4 is 13.9 Å². The van der Waals surface area contributed by atoms with E-state index in [1.54, 1.807) is 36.4 Å². The van der Waals surface area contributed by atoms with Gasteiger partial charge < -0.3 is 9.84 Å². The number of hydrogen-bond acceptors (Lipinski definition) is 5. The molecule has 1 aliphatic heterocycles. The summed E-state index contributed by atoms with van der Waals surface area (Å²) in [4.78, 5) is 12.9. The fraction of sp³-hybridized carbons (Fsp3) is 0.0909. The lowest BCUT2D eigenvalue weighted by atomic mass is 10.1. The van der Waals surface area contributed by atoms with E-state index in [2.05, 4.69) is 10.5 Å². The first-order valence-corrected chi connectivity index (χ1v) is 10.9. The van der Waals surface area contributed by atoms with Crippen molar-refractivity contribution >= 4 is 44.1 Å². The minimum Gasteiger partial charge on any atom is -0.355 e. The highest BCUT2D eigenvalue weighted by Crippen LogP contribution is 2.40. The number of nitrogens with one attached hydrogen (secondary N) is 1. The van der Waals surface area contributed by atoms with Crippen molar-refractivity contribution in [3.05, 3.63) is 72.3 Å². The molecule has 2 heterocycles. The molecule has 0 saturated carbocycles. The van der Waals surface area contributed by atoms with Gasteiger partial charge in [0.25, 0.3) is 5.91 Å². The van der Waals surface area contributed by atoms with Gasteiger partial charge in [0.15, 0.2) is 5.76 Å². The van der Waals surface area contributed by atoms with Crippen LogP contribution in [0.4, 0.5) is 17.1 Å². The fourth-order valence-corrected chi connectivity index (χ4v) is 4.80. The Kier molecular flexibility index (Phi) is 4.23. The van der Waals surface area contributed by atoms with E-state index in [4.69, 9.17) is 4.52 Å². The predicted octanol–water partition coefficient (Wildman–Crippen LogP) is 3.88. The zero-order valence-corrected chi connectivity index (χ0v) is 17.6. The molecular weight excluding hydrogens is 416 g/mol. The highest BCUT2D eigenvalue weighted by atomic mass is 32.2. The SMILES string of the molecule is CN1c2ccc(NC(=O)c3ccc4noc(-c5ccccc5)c4c3)cc2N(C)S1(=O)=O. The van der Waals surface area contributed by atoms with Crippen LogP contribution in [0.15, 0.2) is 71.3 Å². The maximum absolute atomic E-state index is 12.9. The average molecular weight is 434 g/mol. The van der Waals surface area contributed by atoms with Gasteiger partial charge in [-0.3, -0.25) is 13.4 Å². The standard InChI is InChI=1S/C22H18N4O4S/c1-25-19-11-9-16(13-20(19)26(2)31(25,28)29)23-22(27)15-8-10-18-17(12-15)21(30-24-18)14-6-4-3-5-7-14/h3-13H,1-2H3,(H,23,27). The van der Waals surface area contributed by atoms with Gasteiger partial charge in [0.2, 0.25) is 0 Å². The topological polar surface area (TPSA) is 95.8 Å². The Morgan fingerprint density at radius 1 is 0.935 bits per heavy atom. The Morgan fingerprint density at radius 2 is 1.68 bits per heavy atom. The molecule has 1 aromatic heterocycles. The van der Waals surface area contributed by atoms with Crippen LogP contribution in [0.3, 0.4) is 0 Å². The van der Waals surface area contributed by atoms with Crippen LogP contribution in [-0.2, 0) is 10.2 Å². The lowest BCUT2D eigenvalue weighted by Crippen LogP contribution is -2.32. The van der Waals surface area contributed by atoms with Gasteiger partial charge in [-0.25, -0.2) is 0 Å². The molecule has 5 rings (SSSR count). The Morgan fingerprint density at radius 3 is 2.45 bits per heavy atom. The van der Waals surface area contributed by atoms with Crippen LogP contribution in [0, 0.1) is 0 Å². The second-order valence-corrected chi connectivity index (χ2v) is 9.20. The van der Waals surface area contributed by atoms with Gasteiger partial charge in [-0.15, -0.1) is 0 Å². The highest BCUT2D eigenvalue weighted by molar-refractivity contribution is 7.94. The van der Waals surface area contributed by atoms with Gasteiger partial charge >= 0.3 is 10.2 Å². The Hall–Kier alpha value is -3.85. The molecule has 1 aliphatic rings. The maximum atomic E-state index is 12.9. The number of fused-ring (bicyclic) bond motifs is 2. The Labute approximate surface area is 178 Å². The lowest BCUT2D eigenvalue weighted by molar-refractivity contribution is 0.102. The number of hydrogen-bond donors (Lipinski definition) is 1. The molecule has 0 bridgehead atoms. The van der Waals surface area contributed by atoms with Gasteiger partial charge in [0.05, 0.1) is 16.8 Å². The molecule has 3 aromatic carbocycles. The van der Waals surface area contributed by atoms with Crippen molar-refractivity contribution < 1.29 is 17.7 Å². The summed E-state index contributed by atoms with van der Waals surface area (Å²) in [6.07, 6.45) is 0. The normalized spacial score (nSPS) is 14.6. The van der Waals surface area contributed by atoms with Gasteiger partial charge in [0, 0.05) is 30.9 Å². The maximum Gasteiger partial charge on any atom is 0.326 e. The number of anilines is 3. The second kappa shape index (κ2) is 6.85. The van der Waals surface area contributed by atoms with Gasteiger partial charge in [-0.2, -0.15) is 8.42 Å². The van der Waals surface area contributed by atoms with Crippen LogP contribution in [0.5, 0.6) is 0 Å². The van der Waals surface area contributed by atoms with Gasteiger partial charge in [-0.05, 0) is 36.4 Å². The van der Waals surface area contributed by atoms with E-state index in [0.29, 0.717) is 33.9 Å². The smallest absolute Gasteiger partial charge is 0.326 e. The third-order valence-corrected chi connectivity index (χ3v) is 7.16. The third-order valence-electron chi connectivity index (χ3n) is 5.38. The van der Waals surface area contributed by atoms with E-state index >= 15 is 0 Å². The predicted molar refractivity (Wildman–Crippen MR) is 120 cm³/mol. The molecule has 31 heavy (non-hydrogen) atoms. The summed E-state index contributed by atoms with van der Waals surface area (Å²) in [7, 11) is -0.598. The quantitative estimate of drug-likeness (QED) is 0.528. The van der Waals surface area contributed by atoms with Gasteiger partial charge in [0.1, 0.15) is 5.52 Å². The molecule has 0 unspecified atom stereocenters. The molecule has 4 aromatic rings. The first-order chi connectivity index (χ1) is 14.9. The molecule has 0 aliphatic carbocycles. The van der Waals surface area contributed by atoms with Gasteiger partial charge in [-0.1, -0.05) is 35.5 Å². The zero-order chi connectivity index (χ0) is 21.8. The number of nitrogens with zero attached hydrogens (tertiary/aromatic N) is 3. The minimum atomic E-state index is -3.57. The Balaban J connectivity index is 1.46. The number of amides is 1. The second-order valence-electron chi connectivity index (χ2n) is 7.21. The average Bonchev–Trinajstić information content (AvgIpc) is 3.28. The highest BCUT2D eigenvalue weighted by Gasteiger charge is 2.35. The van der Waals surface area contributed by atoms with Crippen LogP contribution in [-0.4, -0.2) is 33.6 Å². The molecular formula is C22H18N4O4S. The molecule has 8 nitrogen and oxygen atoms in total. The molecule has 9 heteroatoms. The largest absolute Gasteiger partial charge is 0.355 e. The number of benzene rings is 3. The van der Waals surface area contributed by atoms with Crippen molar-refractivity contribution in [3.8, 4) is 11.3 Å². The van der Waals surface area contributed by atoms with Crippen molar-refractivity contribution in [1.29, 1.82) is 0 Å². The summed E-state index contributed by atoms with van der Waals surface area (Å²) in [5.41, 5.74) is 3.51. The minimum absolute atomic E-state index is 0.320. The van der Waals surface area contributed by atoms with E-state index in [1.807, 2.05) is 30.3 Å². The van der Waals surface area contributed by atoms with Crippen molar-refractivity contribution in [2.75, 3.05) is 28.0 Å². The van der Waals surface area contributed by atoms with E-state index in [9.17, 15) is 13.2 Å². The van der Waals surface area contributed by atoms with E-state index in [-0.39, 0.29) is 5.91 Å². The lowest BCUT2D eigenvalue weighted by Gasteiger charge is -2.13. The van der Waals surface area contributed by atoms with Crippen molar-refractivity contribution in [3.63, 3.8) is 0 Å². The first kappa shape index (κ1) is 19.1. The zero-order valence-electron chi connectivity index (χ0n) is 16.7. The van der Waals surface area contributed by atoms with E-state index < -0.39 is 10.2 Å². The van der Waals surface area contributed by atoms with E-state index in [0.717, 1.165) is 10.9 Å². The van der Waals surface area contributed by atoms with Crippen molar-refractivity contribution in [1.82, 2.24) is 5.16 Å². The number of carbonyl (C=O) groups is 1. The summed E-state index contributed by atoms with van der Waals surface area (Å²) in [5, 5.41) is 7.65. The molecule has 1 amide bonds. The summed E-state index contributed by atoms with van der Waals surface area (Å²) < 4.78 is 32.5. The first-order valence-electron chi connectivity index (χ1n) is 9.49. The number of carbonyl (C=O) groups excluding carboxylic acids is 1. The van der Waals surface area contributed by atoms with Crippen molar-refractivity contribution in [2.45, 2.75) is 0 Å². The summed E-state index contributed by atoms with van der Waals surface area (Å²) in [6.45, 7) is 0. The summed E-state index contributed by atoms with van der Waals surface area (Å²) in [5.74, 6) is 0.275. The van der Waals surface area contributed by atoms with Crippen LogP contribution in [0.25, 0.3) is 22.2 Å².